The van der Waals surface area contributed by atoms with Crippen molar-refractivity contribution < 1.29 is 9.53 Å². The summed E-state index contributed by atoms with van der Waals surface area (Å²) in [5, 5.41) is 3.34. The zero-order valence-corrected chi connectivity index (χ0v) is 11.3. The SMILES string of the molecule is COc1cccc(NC(=O)C(Br)CBr)c1. The number of halogens is 2. The first-order chi connectivity index (χ1) is 7.17. The van der Waals surface area contributed by atoms with Gasteiger partial charge in [0.15, 0.2) is 0 Å². The van der Waals surface area contributed by atoms with Crippen LogP contribution in [0.2, 0.25) is 0 Å². The number of hydrogen-bond donors (Lipinski definition) is 1. The van der Waals surface area contributed by atoms with Gasteiger partial charge >= 0.3 is 0 Å². The van der Waals surface area contributed by atoms with Gasteiger partial charge in [0.1, 0.15) is 10.6 Å². The summed E-state index contributed by atoms with van der Waals surface area (Å²) in [5.41, 5.74) is 0.727. The standard InChI is InChI=1S/C10H11Br2NO2/c1-15-8-4-2-3-7(5-8)13-10(14)9(12)6-11/h2-5,9H,6H2,1H3,(H,13,14). The highest BCUT2D eigenvalue weighted by molar-refractivity contribution is 9.12. The summed E-state index contributed by atoms with van der Waals surface area (Å²) < 4.78 is 5.05. The Bertz CT molecular complexity index is 344. The molecule has 0 aromatic heterocycles. The van der Waals surface area contributed by atoms with Crippen molar-refractivity contribution in [3.8, 4) is 5.75 Å². The minimum absolute atomic E-state index is 0.0832. The van der Waals surface area contributed by atoms with Crippen LogP contribution in [-0.4, -0.2) is 23.2 Å². The van der Waals surface area contributed by atoms with E-state index < -0.39 is 0 Å². The molecule has 0 radical (unpaired) electrons. The molecule has 82 valence electrons. The molecular formula is C10H11Br2NO2. The predicted octanol–water partition coefficient (Wildman–Crippen LogP) is 2.79. The molecule has 0 bridgehead atoms. The molecule has 3 nitrogen and oxygen atoms in total. The normalized spacial score (nSPS) is 11.9. The lowest BCUT2D eigenvalue weighted by molar-refractivity contribution is -0.115. The van der Waals surface area contributed by atoms with Crippen molar-refractivity contribution in [1.82, 2.24) is 0 Å². The number of amides is 1. The number of benzene rings is 1. The summed E-state index contributed by atoms with van der Waals surface area (Å²) in [5.74, 6) is 0.637. The third kappa shape index (κ3) is 3.83. The quantitative estimate of drug-likeness (QED) is 0.859. The number of methoxy groups -OCH3 is 1. The second-order valence-electron chi connectivity index (χ2n) is 2.84. The third-order valence-corrected chi connectivity index (χ3v) is 4.01. The van der Waals surface area contributed by atoms with Crippen LogP contribution in [-0.2, 0) is 4.79 Å². The van der Waals surface area contributed by atoms with E-state index in [2.05, 4.69) is 37.2 Å². The molecule has 1 amide bonds. The highest BCUT2D eigenvalue weighted by atomic mass is 79.9. The van der Waals surface area contributed by atoms with Crippen molar-refractivity contribution >= 4 is 43.5 Å². The van der Waals surface area contributed by atoms with E-state index in [0.29, 0.717) is 5.33 Å². The number of ether oxygens (including phenoxy) is 1. The van der Waals surface area contributed by atoms with Crippen LogP contribution >= 0.6 is 31.9 Å². The summed E-state index contributed by atoms with van der Waals surface area (Å²) in [7, 11) is 1.59. The number of carbonyl (C=O) groups excluding carboxylic acids is 1. The van der Waals surface area contributed by atoms with Crippen molar-refractivity contribution in [2.45, 2.75) is 4.83 Å². The summed E-state index contributed by atoms with van der Waals surface area (Å²) in [6, 6.07) is 7.23. The van der Waals surface area contributed by atoms with Gasteiger partial charge in [-0.3, -0.25) is 4.79 Å². The van der Waals surface area contributed by atoms with E-state index in [-0.39, 0.29) is 10.7 Å². The molecule has 1 rings (SSSR count). The monoisotopic (exact) mass is 335 g/mol. The maximum atomic E-state index is 11.5. The minimum atomic E-state index is -0.233. The summed E-state index contributed by atoms with van der Waals surface area (Å²) >= 11 is 6.47. The largest absolute Gasteiger partial charge is 0.497 e. The number of nitrogens with one attached hydrogen (secondary N) is 1. The second-order valence-corrected chi connectivity index (χ2v) is 4.60. The fourth-order valence-corrected chi connectivity index (χ4v) is 1.40. The van der Waals surface area contributed by atoms with Gasteiger partial charge in [-0.1, -0.05) is 37.9 Å². The minimum Gasteiger partial charge on any atom is -0.497 e. The zero-order valence-electron chi connectivity index (χ0n) is 8.17. The van der Waals surface area contributed by atoms with E-state index in [1.165, 1.54) is 0 Å². The number of anilines is 1. The molecule has 0 aliphatic carbocycles. The number of carbonyl (C=O) groups is 1. The fourth-order valence-electron chi connectivity index (χ4n) is 0.991. The van der Waals surface area contributed by atoms with E-state index in [9.17, 15) is 4.79 Å². The van der Waals surface area contributed by atoms with Gasteiger partial charge in [-0.25, -0.2) is 0 Å². The Labute approximate surface area is 105 Å². The highest BCUT2D eigenvalue weighted by Crippen LogP contribution is 2.17. The number of alkyl halides is 2. The lowest BCUT2D eigenvalue weighted by Crippen LogP contribution is -2.23. The van der Waals surface area contributed by atoms with Crippen molar-refractivity contribution in [2.75, 3.05) is 17.8 Å². The molecule has 0 saturated carbocycles. The molecule has 0 saturated heterocycles. The van der Waals surface area contributed by atoms with Crippen LogP contribution in [0.5, 0.6) is 5.75 Å². The van der Waals surface area contributed by atoms with Crippen LogP contribution in [0, 0.1) is 0 Å². The second kappa shape index (κ2) is 6.12. The Morgan fingerprint density at radius 3 is 2.93 bits per heavy atom. The van der Waals surface area contributed by atoms with Crippen molar-refractivity contribution in [2.24, 2.45) is 0 Å². The maximum absolute atomic E-state index is 11.5. The molecule has 1 aromatic rings. The molecule has 1 aromatic carbocycles. The van der Waals surface area contributed by atoms with E-state index in [0.717, 1.165) is 11.4 Å². The molecule has 0 spiro atoms. The van der Waals surface area contributed by atoms with Crippen LogP contribution < -0.4 is 10.1 Å². The van der Waals surface area contributed by atoms with Crippen LogP contribution in [0.3, 0.4) is 0 Å². The molecule has 5 heteroatoms. The number of hydrogen-bond acceptors (Lipinski definition) is 2. The summed E-state index contributed by atoms with van der Waals surface area (Å²) in [6.07, 6.45) is 0. The number of rotatable bonds is 4. The zero-order chi connectivity index (χ0) is 11.3. The van der Waals surface area contributed by atoms with Gasteiger partial charge in [-0.15, -0.1) is 0 Å². The molecule has 0 aliphatic rings. The Kier molecular flexibility index (Phi) is 5.11. The molecular weight excluding hydrogens is 326 g/mol. The van der Waals surface area contributed by atoms with Crippen molar-refractivity contribution in [1.29, 1.82) is 0 Å². The van der Waals surface area contributed by atoms with Gasteiger partial charge < -0.3 is 10.1 Å². The Morgan fingerprint density at radius 1 is 1.60 bits per heavy atom. The van der Waals surface area contributed by atoms with Crippen LogP contribution in [0.4, 0.5) is 5.69 Å². The van der Waals surface area contributed by atoms with Crippen molar-refractivity contribution in [3.05, 3.63) is 24.3 Å². The van der Waals surface area contributed by atoms with E-state index in [1.807, 2.05) is 18.2 Å². The maximum Gasteiger partial charge on any atom is 0.239 e. The average molecular weight is 337 g/mol. The Hall–Kier alpha value is -0.550. The van der Waals surface area contributed by atoms with E-state index in [4.69, 9.17) is 4.74 Å². The highest BCUT2D eigenvalue weighted by Gasteiger charge is 2.12. The Morgan fingerprint density at radius 2 is 2.33 bits per heavy atom. The van der Waals surface area contributed by atoms with Gasteiger partial charge in [-0.05, 0) is 12.1 Å². The van der Waals surface area contributed by atoms with Gasteiger partial charge in [0.05, 0.1) is 7.11 Å². The molecule has 0 fully saturated rings. The topological polar surface area (TPSA) is 38.3 Å². The molecule has 1 N–H and O–H groups in total. The van der Waals surface area contributed by atoms with Gasteiger partial charge in [0.25, 0.3) is 0 Å². The summed E-state index contributed by atoms with van der Waals surface area (Å²) in [6.45, 7) is 0. The van der Waals surface area contributed by atoms with Gasteiger partial charge in [-0.2, -0.15) is 0 Å². The van der Waals surface area contributed by atoms with Gasteiger partial charge in [0.2, 0.25) is 5.91 Å². The summed E-state index contributed by atoms with van der Waals surface area (Å²) in [4.78, 5) is 11.3. The van der Waals surface area contributed by atoms with Crippen LogP contribution in [0.1, 0.15) is 0 Å². The first-order valence-corrected chi connectivity index (χ1v) is 6.36. The van der Waals surface area contributed by atoms with E-state index >= 15 is 0 Å². The van der Waals surface area contributed by atoms with E-state index in [1.54, 1.807) is 13.2 Å². The smallest absolute Gasteiger partial charge is 0.239 e. The predicted molar refractivity (Wildman–Crippen MR) is 68.1 cm³/mol. The fraction of sp³-hybridized carbons (Fsp3) is 0.300. The van der Waals surface area contributed by atoms with Crippen molar-refractivity contribution in [3.63, 3.8) is 0 Å². The lowest BCUT2D eigenvalue weighted by Gasteiger charge is -2.09. The first-order valence-electron chi connectivity index (χ1n) is 4.32. The van der Waals surface area contributed by atoms with Crippen LogP contribution in [0.25, 0.3) is 0 Å². The molecule has 15 heavy (non-hydrogen) atoms. The molecule has 0 aliphatic heterocycles. The first kappa shape index (κ1) is 12.5. The Balaban J connectivity index is 2.68. The van der Waals surface area contributed by atoms with Gasteiger partial charge in [0, 0.05) is 17.1 Å². The molecule has 1 unspecified atom stereocenters. The molecule has 1 atom stereocenters. The lowest BCUT2D eigenvalue weighted by atomic mass is 10.3. The van der Waals surface area contributed by atoms with Crippen LogP contribution in [0.15, 0.2) is 24.3 Å². The average Bonchev–Trinajstić information content (AvgIpc) is 2.28. The third-order valence-electron chi connectivity index (χ3n) is 1.76. The molecule has 0 heterocycles.